The normalized spacial score (nSPS) is 14.3. The van der Waals surface area contributed by atoms with Gasteiger partial charge in [-0.05, 0) is 98.6 Å². The number of hydrogen-bond acceptors (Lipinski definition) is 5. The number of nitrogens with one attached hydrogen (secondary N) is 1. The van der Waals surface area contributed by atoms with Crippen molar-refractivity contribution < 1.29 is 19.1 Å². The third-order valence-corrected chi connectivity index (χ3v) is 10.0. The number of amidine groups is 1. The fraction of sp³-hybridized carbons (Fsp3) is 0.100. The monoisotopic (exact) mass is 905 g/mol. The van der Waals surface area contributed by atoms with Crippen molar-refractivity contribution >= 4 is 85.9 Å². The van der Waals surface area contributed by atoms with Crippen LogP contribution in [0, 0.1) is 7.14 Å². The fourth-order valence-corrected chi connectivity index (χ4v) is 8.03. The summed E-state index contributed by atoms with van der Waals surface area (Å²) in [5, 5.41) is 3.22. The van der Waals surface area contributed by atoms with E-state index in [0.29, 0.717) is 17.9 Å². The Balaban J connectivity index is 1.39. The van der Waals surface area contributed by atoms with Crippen LogP contribution in [0.5, 0.6) is 5.75 Å². The summed E-state index contributed by atoms with van der Waals surface area (Å²) in [6.07, 6.45) is 8.29. The molecular formula is C40H33I2N3O4S. The number of rotatable bonds is 12. The van der Waals surface area contributed by atoms with Crippen molar-refractivity contribution in [2.75, 3.05) is 5.75 Å². The Hall–Kier alpha value is -4.27. The standard InChI is InChI=1S/C40H33I2N3O4S/c1-3-5-21-31(4-2)45-39(48)32(22-28-23-33(41)37(34(42)24-28)49-25-27-15-9-6-10-16-27)38(47)44-40(45)50-26-35(46)43-36(29-17-11-7-12-18-29)30-19-13-8-14-20-30/h3-24,36H,1,25-26H2,2H3,(H,43,46)/b21-5-,31-4+,32-22+. The minimum absolute atomic E-state index is 0.0753. The topological polar surface area (TPSA) is 88.1 Å². The van der Waals surface area contributed by atoms with Gasteiger partial charge in [-0.1, -0.05) is 128 Å². The maximum atomic E-state index is 14.1. The molecule has 0 saturated heterocycles. The zero-order valence-electron chi connectivity index (χ0n) is 27.1. The van der Waals surface area contributed by atoms with Gasteiger partial charge in [-0.2, -0.15) is 4.99 Å². The van der Waals surface area contributed by atoms with Gasteiger partial charge in [-0.3, -0.25) is 19.3 Å². The molecule has 4 aromatic rings. The number of carbonyl (C=O) groups excluding carboxylic acids is 3. The van der Waals surface area contributed by atoms with E-state index in [1.807, 2.05) is 103 Å². The quantitative estimate of drug-likeness (QED) is 0.0665. The molecule has 3 amide bonds. The number of nitrogens with zero attached hydrogens (tertiary/aromatic N) is 2. The third-order valence-electron chi connectivity index (χ3n) is 7.47. The number of ether oxygens (including phenoxy) is 1. The highest BCUT2D eigenvalue weighted by Crippen LogP contribution is 2.32. The first-order valence-corrected chi connectivity index (χ1v) is 18.8. The number of benzene rings is 4. The van der Waals surface area contributed by atoms with Gasteiger partial charge in [-0.15, -0.1) is 0 Å². The van der Waals surface area contributed by atoms with Crippen molar-refractivity contribution in [1.29, 1.82) is 0 Å². The summed E-state index contributed by atoms with van der Waals surface area (Å²) in [6, 6.07) is 32.6. The van der Waals surface area contributed by atoms with Gasteiger partial charge in [0.2, 0.25) is 5.91 Å². The Morgan fingerprint density at radius 2 is 1.52 bits per heavy atom. The Bertz CT molecular complexity index is 1930. The number of carbonyl (C=O) groups is 3. The number of aliphatic imine (C=N–C) groups is 1. The Labute approximate surface area is 323 Å². The lowest BCUT2D eigenvalue weighted by molar-refractivity contribution is -0.126. The maximum absolute atomic E-state index is 14.1. The number of amides is 3. The summed E-state index contributed by atoms with van der Waals surface area (Å²) in [5.74, 6) is -0.857. The van der Waals surface area contributed by atoms with E-state index in [1.165, 1.54) is 4.90 Å². The van der Waals surface area contributed by atoms with Crippen molar-refractivity contribution in [3.8, 4) is 5.75 Å². The lowest BCUT2D eigenvalue weighted by Crippen LogP contribution is -2.42. The van der Waals surface area contributed by atoms with Gasteiger partial charge in [0.05, 0.1) is 18.9 Å². The molecule has 50 heavy (non-hydrogen) atoms. The summed E-state index contributed by atoms with van der Waals surface area (Å²) >= 11 is 5.41. The summed E-state index contributed by atoms with van der Waals surface area (Å²) in [7, 11) is 0. The third kappa shape index (κ3) is 9.49. The lowest BCUT2D eigenvalue weighted by Gasteiger charge is -2.28. The molecule has 5 rings (SSSR count). The van der Waals surface area contributed by atoms with Gasteiger partial charge < -0.3 is 10.1 Å². The van der Waals surface area contributed by atoms with Crippen LogP contribution in [0.3, 0.4) is 0 Å². The Morgan fingerprint density at radius 1 is 0.940 bits per heavy atom. The second-order valence-corrected chi connectivity index (χ2v) is 14.2. The van der Waals surface area contributed by atoms with Gasteiger partial charge >= 0.3 is 0 Å². The lowest BCUT2D eigenvalue weighted by atomic mass is 9.99. The van der Waals surface area contributed by atoms with Crippen LogP contribution in [0.1, 0.15) is 35.2 Å². The molecule has 1 heterocycles. The van der Waals surface area contributed by atoms with Crippen LogP contribution in [-0.4, -0.2) is 33.5 Å². The van der Waals surface area contributed by atoms with Crippen molar-refractivity contribution in [3.05, 3.63) is 175 Å². The molecule has 252 valence electrons. The molecule has 0 saturated carbocycles. The minimum Gasteiger partial charge on any atom is -0.487 e. The van der Waals surface area contributed by atoms with Crippen LogP contribution in [0.25, 0.3) is 6.08 Å². The van der Waals surface area contributed by atoms with Crippen molar-refractivity contribution in [2.24, 2.45) is 4.99 Å². The number of halogens is 2. The number of hydrogen-bond donors (Lipinski definition) is 1. The van der Waals surface area contributed by atoms with Crippen molar-refractivity contribution in [3.63, 3.8) is 0 Å². The maximum Gasteiger partial charge on any atom is 0.285 e. The van der Waals surface area contributed by atoms with E-state index >= 15 is 0 Å². The van der Waals surface area contributed by atoms with Crippen LogP contribution in [0.2, 0.25) is 0 Å². The summed E-state index contributed by atoms with van der Waals surface area (Å²) in [4.78, 5) is 46.7. The molecular weight excluding hydrogens is 872 g/mol. The molecule has 4 aromatic carbocycles. The van der Waals surface area contributed by atoms with Crippen LogP contribution in [-0.2, 0) is 21.0 Å². The molecule has 0 atom stereocenters. The van der Waals surface area contributed by atoms with Gasteiger partial charge in [0.25, 0.3) is 11.8 Å². The van der Waals surface area contributed by atoms with Crippen molar-refractivity contribution in [2.45, 2.75) is 19.6 Å². The molecule has 0 radical (unpaired) electrons. The van der Waals surface area contributed by atoms with Gasteiger partial charge in [0.15, 0.2) is 5.17 Å². The van der Waals surface area contributed by atoms with E-state index in [9.17, 15) is 14.4 Å². The molecule has 0 aliphatic carbocycles. The first kappa shape index (κ1) is 37.0. The molecule has 0 aromatic heterocycles. The van der Waals surface area contributed by atoms with Gasteiger partial charge in [0.1, 0.15) is 17.9 Å². The zero-order valence-corrected chi connectivity index (χ0v) is 32.2. The van der Waals surface area contributed by atoms with E-state index in [-0.39, 0.29) is 28.4 Å². The van der Waals surface area contributed by atoms with Crippen LogP contribution < -0.4 is 10.1 Å². The SMILES string of the molecule is C=C/C=C\C(=C/C)N1C(=O)/C(=C/c2cc(I)c(OCc3ccccc3)c(I)c2)C(=O)N=C1SCC(=O)NC(c1ccccc1)c1ccccc1. The van der Waals surface area contributed by atoms with Gasteiger partial charge in [0, 0.05) is 5.70 Å². The zero-order chi connectivity index (χ0) is 35.5. The molecule has 1 N–H and O–H groups in total. The van der Waals surface area contributed by atoms with E-state index in [1.54, 1.807) is 37.3 Å². The minimum atomic E-state index is -0.682. The predicted molar refractivity (Wildman–Crippen MR) is 218 cm³/mol. The highest BCUT2D eigenvalue weighted by molar-refractivity contribution is 14.1. The molecule has 10 heteroatoms. The van der Waals surface area contributed by atoms with Crippen LogP contribution in [0.4, 0.5) is 0 Å². The van der Waals surface area contributed by atoms with E-state index in [0.717, 1.165) is 41.3 Å². The molecule has 0 spiro atoms. The van der Waals surface area contributed by atoms with Crippen molar-refractivity contribution in [1.82, 2.24) is 10.2 Å². The Kier molecular flexibility index (Phi) is 13.4. The summed E-state index contributed by atoms with van der Waals surface area (Å²) in [6.45, 7) is 5.94. The summed E-state index contributed by atoms with van der Waals surface area (Å²) in [5.41, 5.74) is 3.96. The molecule has 0 fully saturated rings. The van der Waals surface area contributed by atoms with E-state index < -0.39 is 11.8 Å². The molecule has 0 bridgehead atoms. The van der Waals surface area contributed by atoms with E-state index in [2.05, 4.69) is 62.1 Å². The largest absolute Gasteiger partial charge is 0.487 e. The number of allylic oxidation sites excluding steroid dienone is 4. The fourth-order valence-electron chi connectivity index (χ4n) is 5.09. The molecule has 7 nitrogen and oxygen atoms in total. The number of thioether (sulfide) groups is 1. The van der Waals surface area contributed by atoms with Crippen LogP contribution >= 0.6 is 56.9 Å². The molecule has 1 aliphatic heterocycles. The Morgan fingerprint density at radius 3 is 2.08 bits per heavy atom. The second kappa shape index (κ2) is 18.1. The molecule has 1 aliphatic rings. The average molecular weight is 906 g/mol. The van der Waals surface area contributed by atoms with E-state index in [4.69, 9.17) is 4.74 Å². The first-order chi connectivity index (χ1) is 24.3. The average Bonchev–Trinajstić information content (AvgIpc) is 3.13. The van der Waals surface area contributed by atoms with Crippen LogP contribution in [0.15, 0.2) is 150 Å². The highest BCUT2D eigenvalue weighted by Gasteiger charge is 2.35. The second-order valence-electron chi connectivity index (χ2n) is 10.9. The highest BCUT2D eigenvalue weighted by atomic mass is 127. The van der Waals surface area contributed by atoms with Gasteiger partial charge in [-0.25, -0.2) is 0 Å². The summed E-state index contributed by atoms with van der Waals surface area (Å²) < 4.78 is 7.79. The first-order valence-electron chi connectivity index (χ1n) is 15.6. The smallest absolute Gasteiger partial charge is 0.285 e. The predicted octanol–water partition coefficient (Wildman–Crippen LogP) is 8.87. The molecule has 0 unspecified atom stereocenters.